The number of halogens is 3. The van der Waals surface area contributed by atoms with Crippen molar-refractivity contribution in [3.63, 3.8) is 0 Å². The van der Waals surface area contributed by atoms with E-state index in [2.05, 4.69) is 10.3 Å². The Balaban J connectivity index is 2.18. The van der Waals surface area contributed by atoms with Gasteiger partial charge in [0.1, 0.15) is 12.4 Å². The van der Waals surface area contributed by atoms with Gasteiger partial charge in [-0.2, -0.15) is 13.2 Å². The Labute approximate surface area is 148 Å². The summed E-state index contributed by atoms with van der Waals surface area (Å²) in [7, 11) is 1.47. The molecule has 0 atom stereocenters. The molecule has 1 N–H and O–H groups in total. The van der Waals surface area contributed by atoms with Crippen LogP contribution in [0.15, 0.2) is 48.8 Å². The van der Waals surface area contributed by atoms with Crippen molar-refractivity contribution >= 4 is 17.7 Å². The number of carbonyl (C=O) groups excluding carboxylic acids is 1. The molecule has 0 unspecified atom stereocenters. The summed E-state index contributed by atoms with van der Waals surface area (Å²) in [5.41, 5.74) is -0.275. The fourth-order valence-corrected chi connectivity index (χ4v) is 1.99. The van der Waals surface area contributed by atoms with Crippen LogP contribution in [0.5, 0.6) is 5.75 Å². The van der Waals surface area contributed by atoms with Gasteiger partial charge < -0.3 is 14.8 Å². The molecule has 0 saturated heterocycles. The summed E-state index contributed by atoms with van der Waals surface area (Å²) >= 11 is 0. The standard InChI is InChI=1S/C18H17F3N2O3/c1-25-9-10-26-16-6-5-14(18(19,20)21)11-15(16)23-17(24)7-4-13-3-2-8-22-12-13/h2-8,11-12H,9-10H2,1H3,(H,23,24)/b7-4+. The Morgan fingerprint density at radius 2 is 2.08 bits per heavy atom. The number of ether oxygens (including phenoxy) is 2. The lowest BCUT2D eigenvalue weighted by atomic mass is 10.1. The molecule has 1 heterocycles. The molecule has 2 rings (SSSR count). The Hall–Kier alpha value is -2.87. The summed E-state index contributed by atoms with van der Waals surface area (Å²) in [6, 6.07) is 6.33. The van der Waals surface area contributed by atoms with Gasteiger partial charge in [-0.25, -0.2) is 0 Å². The molecular formula is C18H17F3N2O3. The fraction of sp³-hybridized carbons (Fsp3) is 0.222. The molecule has 0 spiro atoms. The maximum Gasteiger partial charge on any atom is 0.416 e. The van der Waals surface area contributed by atoms with Gasteiger partial charge in [0.15, 0.2) is 0 Å². The molecule has 8 heteroatoms. The first-order valence-corrected chi connectivity index (χ1v) is 7.62. The van der Waals surface area contributed by atoms with Gasteiger partial charge in [0.05, 0.1) is 17.9 Å². The van der Waals surface area contributed by atoms with Crippen molar-refractivity contribution in [1.29, 1.82) is 0 Å². The smallest absolute Gasteiger partial charge is 0.416 e. The third-order valence-corrected chi connectivity index (χ3v) is 3.22. The maximum atomic E-state index is 12.9. The van der Waals surface area contributed by atoms with E-state index >= 15 is 0 Å². The molecule has 0 radical (unpaired) electrons. The highest BCUT2D eigenvalue weighted by Gasteiger charge is 2.31. The van der Waals surface area contributed by atoms with Crippen LogP contribution in [0.2, 0.25) is 0 Å². The van der Waals surface area contributed by atoms with E-state index in [1.54, 1.807) is 24.5 Å². The van der Waals surface area contributed by atoms with Gasteiger partial charge >= 0.3 is 6.18 Å². The minimum Gasteiger partial charge on any atom is -0.489 e. The third-order valence-electron chi connectivity index (χ3n) is 3.22. The molecular weight excluding hydrogens is 349 g/mol. The molecule has 0 aliphatic rings. The van der Waals surface area contributed by atoms with Crippen LogP contribution in [0.3, 0.4) is 0 Å². The van der Waals surface area contributed by atoms with Gasteiger partial charge in [-0.05, 0) is 35.9 Å². The first-order chi connectivity index (χ1) is 12.4. The van der Waals surface area contributed by atoms with Crippen molar-refractivity contribution in [2.24, 2.45) is 0 Å². The zero-order valence-corrected chi connectivity index (χ0v) is 13.9. The lowest BCUT2D eigenvalue weighted by molar-refractivity contribution is -0.137. The van der Waals surface area contributed by atoms with Crippen LogP contribution in [0.1, 0.15) is 11.1 Å². The van der Waals surface area contributed by atoms with E-state index in [1.807, 2.05) is 0 Å². The molecule has 1 amide bonds. The van der Waals surface area contributed by atoms with E-state index in [0.717, 1.165) is 12.1 Å². The zero-order chi connectivity index (χ0) is 19.0. The number of anilines is 1. The van der Waals surface area contributed by atoms with Crippen LogP contribution >= 0.6 is 0 Å². The highest BCUT2D eigenvalue weighted by molar-refractivity contribution is 6.02. The monoisotopic (exact) mass is 366 g/mol. The van der Waals surface area contributed by atoms with E-state index in [4.69, 9.17) is 9.47 Å². The molecule has 0 aliphatic carbocycles. The van der Waals surface area contributed by atoms with Crippen molar-refractivity contribution in [3.05, 3.63) is 59.9 Å². The first kappa shape index (κ1) is 19.5. The molecule has 0 bridgehead atoms. The van der Waals surface area contributed by atoms with Crippen molar-refractivity contribution in [3.8, 4) is 5.75 Å². The number of alkyl halides is 3. The van der Waals surface area contributed by atoms with Gasteiger partial charge in [0, 0.05) is 25.6 Å². The van der Waals surface area contributed by atoms with Crippen LogP contribution in [-0.2, 0) is 15.7 Å². The van der Waals surface area contributed by atoms with Gasteiger partial charge in [0.25, 0.3) is 0 Å². The second-order valence-electron chi connectivity index (χ2n) is 5.16. The molecule has 138 valence electrons. The van der Waals surface area contributed by atoms with Crippen molar-refractivity contribution in [2.45, 2.75) is 6.18 Å². The number of nitrogens with zero attached hydrogens (tertiary/aromatic N) is 1. The predicted molar refractivity (Wildman–Crippen MR) is 90.7 cm³/mol. The van der Waals surface area contributed by atoms with Gasteiger partial charge in [-0.1, -0.05) is 6.07 Å². The molecule has 26 heavy (non-hydrogen) atoms. The molecule has 0 fully saturated rings. The number of hydrogen-bond acceptors (Lipinski definition) is 4. The lowest BCUT2D eigenvalue weighted by Crippen LogP contribution is -2.13. The third kappa shape index (κ3) is 5.89. The van der Waals surface area contributed by atoms with Crippen molar-refractivity contribution in [1.82, 2.24) is 4.98 Å². The number of methoxy groups -OCH3 is 1. The summed E-state index contributed by atoms with van der Waals surface area (Å²) in [5, 5.41) is 2.41. The highest BCUT2D eigenvalue weighted by Crippen LogP contribution is 2.35. The summed E-state index contributed by atoms with van der Waals surface area (Å²) in [5.74, 6) is -0.469. The Morgan fingerprint density at radius 3 is 2.73 bits per heavy atom. The number of carbonyl (C=O) groups is 1. The summed E-state index contributed by atoms with van der Waals surface area (Å²) in [6.07, 6.45) is 1.31. The minimum atomic E-state index is -4.53. The SMILES string of the molecule is COCCOc1ccc(C(F)(F)F)cc1NC(=O)/C=C/c1cccnc1. The summed E-state index contributed by atoms with van der Waals surface area (Å²) < 4.78 is 49.0. The van der Waals surface area contributed by atoms with Crippen LogP contribution in [0, 0.1) is 0 Å². The van der Waals surface area contributed by atoms with Crippen LogP contribution in [0.25, 0.3) is 6.08 Å². The van der Waals surface area contributed by atoms with Crippen molar-refractivity contribution < 1.29 is 27.4 Å². The molecule has 1 aromatic carbocycles. The average molecular weight is 366 g/mol. The quantitative estimate of drug-likeness (QED) is 0.599. The Bertz CT molecular complexity index is 762. The summed E-state index contributed by atoms with van der Waals surface area (Å²) in [6.45, 7) is 0.394. The lowest BCUT2D eigenvalue weighted by Gasteiger charge is -2.14. The van der Waals surface area contributed by atoms with E-state index in [9.17, 15) is 18.0 Å². The number of hydrogen-bond donors (Lipinski definition) is 1. The van der Waals surface area contributed by atoms with E-state index in [0.29, 0.717) is 5.56 Å². The number of benzene rings is 1. The molecule has 2 aromatic rings. The van der Waals surface area contributed by atoms with Crippen LogP contribution in [-0.4, -0.2) is 31.2 Å². The zero-order valence-electron chi connectivity index (χ0n) is 13.9. The number of amides is 1. The van der Waals surface area contributed by atoms with Gasteiger partial charge in [0.2, 0.25) is 5.91 Å². The van der Waals surface area contributed by atoms with Crippen LogP contribution < -0.4 is 10.1 Å². The van der Waals surface area contributed by atoms with Crippen molar-refractivity contribution in [2.75, 3.05) is 25.6 Å². The second kappa shape index (κ2) is 9.00. The number of nitrogens with one attached hydrogen (secondary N) is 1. The number of rotatable bonds is 7. The van der Waals surface area contributed by atoms with E-state index < -0.39 is 17.6 Å². The van der Waals surface area contributed by atoms with E-state index in [1.165, 1.54) is 25.3 Å². The molecule has 5 nitrogen and oxygen atoms in total. The maximum absolute atomic E-state index is 12.9. The molecule has 0 aliphatic heterocycles. The van der Waals surface area contributed by atoms with Crippen LogP contribution in [0.4, 0.5) is 18.9 Å². The normalized spacial score (nSPS) is 11.5. The number of pyridine rings is 1. The topological polar surface area (TPSA) is 60.5 Å². The predicted octanol–water partition coefficient (Wildman–Crippen LogP) is 3.78. The van der Waals surface area contributed by atoms with E-state index in [-0.39, 0.29) is 24.7 Å². The minimum absolute atomic E-state index is 0.0724. The second-order valence-corrected chi connectivity index (χ2v) is 5.16. The largest absolute Gasteiger partial charge is 0.489 e. The Kier molecular flexibility index (Phi) is 6.74. The molecule has 1 aromatic heterocycles. The first-order valence-electron chi connectivity index (χ1n) is 7.62. The average Bonchev–Trinajstić information content (AvgIpc) is 2.61. The number of aromatic nitrogens is 1. The highest BCUT2D eigenvalue weighted by atomic mass is 19.4. The molecule has 0 saturated carbocycles. The fourth-order valence-electron chi connectivity index (χ4n) is 1.99. The summed E-state index contributed by atoms with van der Waals surface area (Å²) in [4.78, 5) is 16.0. The van der Waals surface area contributed by atoms with Gasteiger partial charge in [-0.3, -0.25) is 9.78 Å². The van der Waals surface area contributed by atoms with Gasteiger partial charge in [-0.15, -0.1) is 0 Å². The Morgan fingerprint density at radius 1 is 1.27 bits per heavy atom.